The van der Waals surface area contributed by atoms with Gasteiger partial charge in [-0.05, 0) is 43.7 Å². The van der Waals surface area contributed by atoms with Crippen LogP contribution >= 0.6 is 15.9 Å². The topological polar surface area (TPSA) is 35.2 Å². The van der Waals surface area contributed by atoms with Crippen LogP contribution in [-0.4, -0.2) is 11.9 Å². The molecule has 1 aliphatic rings. The Balaban J connectivity index is 2.57. The molecule has 0 aliphatic heterocycles. The number of ether oxygens (including phenoxy) is 1. The average Bonchev–Trinajstić information content (AvgIpc) is 2.51. The van der Waals surface area contributed by atoms with E-state index < -0.39 is 0 Å². The lowest BCUT2D eigenvalue weighted by molar-refractivity contribution is -0.0364. The van der Waals surface area contributed by atoms with Crippen molar-refractivity contribution in [3.8, 4) is 0 Å². The van der Waals surface area contributed by atoms with Gasteiger partial charge in [-0.25, -0.2) is 0 Å². The van der Waals surface area contributed by atoms with Crippen molar-refractivity contribution in [1.82, 2.24) is 0 Å². The smallest absolute Gasteiger partial charge is 0.107 e. The number of hydrogen-bond acceptors (Lipinski definition) is 2. The first-order valence-electron chi connectivity index (χ1n) is 8.18. The molecule has 1 aliphatic carbocycles. The summed E-state index contributed by atoms with van der Waals surface area (Å²) in [5, 5.41) is 0. The third-order valence-corrected chi connectivity index (χ3v) is 6.20. The first-order chi connectivity index (χ1) is 10.5. The molecule has 0 amide bonds. The number of rotatable bonds is 4. The number of nitrogens with two attached hydrogens (primary N) is 1. The Bertz CT molecular complexity index is 555. The molecule has 1 saturated carbocycles. The largest absolute Gasteiger partial charge is 0.398 e. The van der Waals surface area contributed by atoms with Crippen LogP contribution in [0.15, 0.2) is 24.3 Å². The van der Waals surface area contributed by atoms with Crippen molar-refractivity contribution < 1.29 is 4.74 Å². The second-order valence-electron chi connectivity index (χ2n) is 6.42. The molecule has 2 nitrogen and oxygen atoms in total. The third-order valence-electron chi connectivity index (χ3n) is 5.00. The van der Waals surface area contributed by atoms with Crippen LogP contribution in [0.25, 0.3) is 0 Å². The summed E-state index contributed by atoms with van der Waals surface area (Å²) in [5.74, 6) is 0.384. The SMILES string of the molecule is CC=CC(C)c1cc(C)c(N)c(C2(OC)CCCCC2Br)c1. The standard InChI is InChI=1S/C19H28BrNO/c1-5-8-13(2)15-11-14(3)18(21)16(12-15)19(22-4)10-7-6-9-17(19)20/h5,8,11-13,17H,6-7,9-10,21H2,1-4H3. The molecule has 1 aromatic rings. The third kappa shape index (κ3) is 3.11. The summed E-state index contributed by atoms with van der Waals surface area (Å²) in [6.07, 6.45) is 8.90. The van der Waals surface area contributed by atoms with Crippen molar-refractivity contribution in [3.05, 3.63) is 41.0 Å². The van der Waals surface area contributed by atoms with E-state index in [2.05, 4.69) is 61.0 Å². The van der Waals surface area contributed by atoms with Crippen LogP contribution in [-0.2, 0) is 10.3 Å². The fourth-order valence-electron chi connectivity index (χ4n) is 3.58. The Kier molecular flexibility index (Phi) is 5.73. The van der Waals surface area contributed by atoms with Crippen molar-refractivity contribution >= 4 is 21.6 Å². The van der Waals surface area contributed by atoms with E-state index in [-0.39, 0.29) is 5.60 Å². The number of allylic oxidation sites excluding steroid dienone is 2. The van der Waals surface area contributed by atoms with Gasteiger partial charge in [0.2, 0.25) is 0 Å². The maximum Gasteiger partial charge on any atom is 0.107 e. The molecule has 0 saturated heterocycles. The molecule has 3 atom stereocenters. The predicted molar refractivity (Wildman–Crippen MR) is 98.7 cm³/mol. The summed E-state index contributed by atoms with van der Waals surface area (Å²) in [5.41, 5.74) is 10.6. The molecule has 122 valence electrons. The van der Waals surface area contributed by atoms with Crippen LogP contribution in [0.5, 0.6) is 0 Å². The van der Waals surface area contributed by atoms with Gasteiger partial charge in [-0.1, -0.05) is 60.0 Å². The van der Waals surface area contributed by atoms with Gasteiger partial charge in [0, 0.05) is 23.2 Å². The van der Waals surface area contributed by atoms with E-state index in [0.717, 1.165) is 29.7 Å². The van der Waals surface area contributed by atoms with Gasteiger partial charge in [-0.15, -0.1) is 0 Å². The molecule has 0 spiro atoms. The Morgan fingerprint density at radius 2 is 2.14 bits per heavy atom. The molecule has 2 N–H and O–H groups in total. The molecular weight excluding hydrogens is 338 g/mol. The van der Waals surface area contributed by atoms with Gasteiger partial charge in [0.05, 0.1) is 0 Å². The van der Waals surface area contributed by atoms with Crippen LogP contribution in [0.2, 0.25) is 0 Å². The number of halogens is 1. The average molecular weight is 366 g/mol. The highest BCUT2D eigenvalue weighted by molar-refractivity contribution is 9.09. The maximum absolute atomic E-state index is 6.46. The quantitative estimate of drug-likeness (QED) is 0.438. The van der Waals surface area contributed by atoms with Gasteiger partial charge in [0.1, 0.15) is 5.60 Å². The number of nitrogen functional groups attached to an aromatic ring is 1. The molecule has 2 rings (SSSR count). The summed E-state index contributed by atoms with van der Waals surface area (Å²) in [6, 6.07) is 4.47. The van der Waals surface area contributed by atoms with Crippen molar-refractivity contribution in [1.29, 1.82) is 0 Å². The number of anilines is 1. The van der Waals surface area contributed by atoms with Crippen LogP contribution in [0.3, 0.4) is 0 Å². The van der Waals surface area contributed by atoms with Crippen LogP contribution in [0, 0.1) is 6.92 Å². The summed E-state index contributed by atoms with van der Waals surface area (Å²) in [4.78, 5) is 0.313. The molecule has 3 unspecified atom stereocenters. The minimum absolute atomic E-state index is 0.307. The Hall–Kier alpha value is -0.800. The lowest BCUT2D eigenvalue weighted by atomic mass is 9.77. The number of methoxy groups -OCH3 is 1. The summed E-state index contributed by atoms with van der Waals surface area (Å²) in [6.45, 7) is 6.38. The summed E-state index contributed by atoms with van der Waals surface area (Å²) >= 11 is 3.87. The van der Waals surface area contributed by atoms with E-state index in [1.54, 1.807) is 0 Å². The molecule has 0 aromatic heterocycles. The number of aryl methyl sites for hydroxylation is 1. The summed E-state index contributed by atoms with van der Waals surface area (Å²) < 4.78 is 6.06. The van der Waals surface area contributed by atoms with E-state index in [1.165, 1.54) is 18.4 Å². The highest BCUT2D eigenvalue weighted by atomic mass is 79.9. The predicted octanol–water partition coefficient (Wildman–Crippen LogP) is 5.44. The summed E-state index contributed by atoms with van der Waals surface area (Å²) in [7, 11) is 1.82. The molecule has 0 heterocycles. The van der Waals surface area contributed by atoms with Gasteiger partial charge >= 0.3 is 0 Å². The molecule has 22 heavy (non-hydrogen) atoms. The molecular formula is C19H28BrNO. The highest BCUT2D eigenvalue weighted by Crippen LogP contribution is 2.47. The van der Waals surface area contributed by atoms with E-state index in [4.69, 9.17) is 10.5 Å². The molecule has 0 bridgehead atoms. The second kappa shape index (κ2) is 7.18. The van der Waals surface area contributed by atoms with Crippen molar-refractivity contribution in [2.45, 2.75) is 62.8 Å². The lowest BCUT2D eigenvalue weighted by Gasteiger charge is -2.42. The zero-order chi connectivity index (χ0) is 16.3. The second-order valence-corrected chi connectivity index (χ2v) is 7.53. The van der Waals surface area contributed by atoms with Gasteiger partial charge < -0.3 is 10.5 Å². The van der Waals surface area contributed by atoms with E-state index in [9.17, 15) is 0 Å². The zero-order valence-corrected chi connectivity index (χ0v) is 15.7. The van der Waals surface area contributed by atoms with Crippen LogP contribution in [0.1, 0.15) is 62.1 Å². The van der Waals surface area contributed by atoms with Crippen molar-refractivity contribution in [2.75, 3.05) is 12.8 Å². The first kappa shape index (κ1) is 17.6. The molecule has 1 fully saturated rings. The Morgan fingerprint density at radius 3 is 2.73 bits per heavy atom. The minimum Gasteiger partial charge on any atom is -0.398 e. The minimum atomic E-state index is -0.307. The molecule has 1 aromatic carbocycles. The fraction of sp³-hybridized carbons (Fsp3) is 0.579. The Labute approximate surface area is 143 Å². The first-order valence-corrected chi connectivity index (χ1v) is 9.10. The van der Waals surface area contributed by atoms with Gasteiger partial charge in [-0.2, -0.15) is 0 Å². The van der Waals surface area contributed by atoms with Crippen LogP contribution < -0.4 is 5.73 Å². The van der Waals surface area contributed by atoms with Crippen LogP contribution in [0.4, 0.5) is 5.69 Å². The number of alkyl halides is 1. The van der Waals surface area contributed by atoms with Crippen molar-refractivity contribution in [3.63, 3.8) is 0 Å². The maximum atomic E-state index is 6.46. The number of hydrogen-bond donors (Lipinski definition) is 1. The van der Waals surface area contributed by atoms with Gasteiger partial charge in [0.15, 0.2) is 0 Å². The van der Waals surface area contributed by atoms with Crippen molar-refractivity contribution in [2.24, 2.45) is 0 Å². The molecule has 3 heteroatoms. The number of benzene rings is 1. The fourth-order valence-corrected chi connectivity index (χ4v) is 4.57. The Morgan fingerprint density at radius 1 is 1.41 bits per heavy atom. The normalized spacial score (nSPS) is 27.2. The highest BCUT2D eigenvalue weighted by Gasteiger charge is 2.43. The lowest BCUT2D eigenvalue weighted by Crippen LogP contribution is -2.41. The van der Waals surface area contributed by atoms with E-state index in [1.807, 2.05) is 7.11 Å². The van der Waals surface area contributed by atoms with Gasteiger partial charge in [-0.3, -0.25) is 0 Å². The van der Waals surface area contributed by atoms with Gasteiger partial charge in [0.25, 0.3) is 0 Å². The monoisotopic (exact) mass is 365 g/mol. The van der Waals surface area contributed by atoms with E-state index >= 15 is 0 Å². The molecule has 0 radical (unpaired) electrons. The zero-order valence-electron chi connectivity index (χ0n) is 14.2. The van der Waals surface area contributed by atoms with E-state index in [0.29, 0.717) is 10.7 Å².